The van der Waals surface area contributed by atoms with Crippen LogP contribution in [0.3, 0.4) is 0 Å². The summed E-state index contributed by atoms with van der Waals surface area (Å²) >= 11 is 0. The maximum Gasteiger partial charge on any atom is 0.303 e. The SMILES string of the molecule is COc1cc(O)cc(OC)c1[C@H]1C2=CC[C@@H]3C(=O)N(CCCCCC(=O)O)C(=O)[C@@H]3[C@@H]2C[C@H]2C(=O)N(Nc3ccc(C)cc3)C(=O)[C@@]12c1ccccc1. The minimum absolute atomic E-state index is 0.0150. The lowest BCUT2D eigenvalue weighted by Gasteiger charge is -2.51. The summed E-state index contributed by atoms with van der Waals surface area (Å²) in [6, 6.07) is 19.4. The Balaban J connectivity index is 1.39. The van der Waals surface area contributed by atoms with Crippen molar-refractivity contribution in [2.24, 2.45) is 23.7 Å². The molecule has 2 saturated heterocycles. The Bertz CT molecular complexity index is 1970. The van der Waals surface area contributed by atoms with Crippen LogP contribution < -0.4 is 14.9 Å². The Kier molecular flexibility index (Phi) is 9.48. The van der Waals surface area contributed by atoms with Crippen LogP contribution in [-0.4, -0.2) is 70.5 Å². The molecule has 0 aromatic heterocycles. The summed E-state index contributed by atoms with van der Waals surface area (Å²) in [5, 5.41) is 20.8. The summed E-state index contributed by atoms with van der Waals surface area (Å²) in [6.07, 6.45) is 3.82. The van der Waals surface area contributed by atoms with Crippen molar-refractivity contribution in [3.63, 3.8) is 0 Å². The van der Waals surface area contributed by atoms with Crippen LogP contribution in [0.5, 0.6) is 17.2 Å². The van der Waals surface area contributed by atoms with Crippen LogP contribution in [-0.2, 0) is 29.4 Å². The molecule has 6 atom stereocenters. The highest BCUT2D eigenvalue weighted by atomic mass is 16.5. The molecule has 3 aromatic rings. The number of hydrogen-bond acceptors (Lipinski definition) is 9. The average Bonchev–Trinajstić information content (AvgIpc) is 3.52. The number of methoxy groups -OCH3 is 2. The van der Waals surface area contributed by atoms with Crippen LogP contribution in [0.1, 0.15) is 61.1 Å². The molecule has 53 heavy (non-hydrogen) atoms. The van der Waals surface area contributed by atoms with E-state index in [1.807, 2.05) is 55.5 Å². The molecule has 3 fully saturated rings. The number of carboxylic acid groups (broad SMARTS) is 1. The van der Waals surface area contributed by atoms with Gasteiger partial charge in [0.15, 0.2) is 0 Å². The quantitative estimate of drug-likeness (QED) is 0.126. The molecule has 4 aliphatic rings. The van der Waals surface area contributed by atoms with Gasteiger partial charge >= 0.3 is 5.97 Å². The van der Waals surface area contributed by atoms with Crippen molar-refractivity contribution in [3.8, 4) is 17.2 Å². The number of aliphatic carboxylic acids is 1. The predicted octanol–water partition coefficient (Wildman–Crippen LogP) is 5.35. The zero-order valence-electron chi connectivity index (χ0n) is 29.9. The first kappa shape index (κ1) is 35.7. The number of benzene rings is 3. The van der Waals surface area contributed by atoms with Crippen LogP contribution in [0, 0.1) is 30.6 Å². The smallest absolute Gasteiger partial charge is 0.303 e. The third-order valence-electron chi connectivity index (χ3n) is 11.6. The van der Waals surface area contributed by atoms with Gasteiger partial charge in [-0.2, -0.15) is 5.01 Å². The number of fused-ring (bicyclic) bond motifs is 4. The number of carboxylic acids is 1. The van der Waals surface area contributed by atoms with Gasteiger partial charge < -0.3 is 19.7 Å². The van der Waals surface area contributed by atoms with Crippen molar-refractivity contribution >= 4 is 35.3 Å². The van der Waals surface area contributed by atoms with Gasteiger partial charge in [0.2, 0.25) is 11.8 Å². The number of allylic oxidation sites excluding steroid dienone is 2. The van der Waals surface area contributed by atoms with E-state index in [9.17, 15) is 24.3 Å². The van der Waals surface area contributed by atoms with E-state index >= 15 is 4.79 Å². The molecule has 12 nitrogen and oxygen atoms in total. The van der Waals surface area contributed by atoms with E-state index in [0.29, 0.717) is 36.1 Å². The Morgan fingerprint density at radius 2 is 1.57 bits per heavy atom. The number of hydrazine groups is 1. The van der Waals surface area contributed by atoms with E-state index in [1.165, 1.54) is 31.3 Å². The van der Waals surface area contributed by atoms with Crippen molar-refractivity contribution in [2.75, 3.05) is 26.2 Å². The predicted molar refractivity (Wildman–Crippen MR) is 193 cm³/mol. The van der Waals surface area contributed by atoms with Gasteiger partial charge in [-0.3, -0.25) is 34.3 Å². The second-order valence-corrected chi connectivity index (χ2v) is 14.4. The van der Waals surface area contributed by atoms with Crippen molar-refractivity contribution in [3.05, 3.63) is 95.1 Å². The Morgan fingerprint density at radius 3 is 2.21 bits per heavy atom. The lowest BCUT2D eigenvalue weighted by molar-refractivity contribution is -0.141. The fraction of sp³-hybridized carbons (Fsp3) is 0.390. The van der Waals surface area contributed by atoms with Crippen molar-refractivity contribution < 1.29 is 43.7 Å². The topological polar surface area (TPSA) is 163 Å². The molecular formula is C41H43N3O9. The summed E-state index contributed by atoms with van der Waals surface area (Å²) in [4.78, 5) is 70.8. The summed E-state index contributed by atoms with van der Waals surface area (Å²) in [5.41, 5.74) is 4.87. The van der Waals surface area contributed by atoms with E-state index in [-0.39, 0.29) is 54.9 Å². The molecule has 2 heterocycles. The molecular weight excluding hydrogens is 678 g/mol. The number of likely N-dealkylation sites (tertiary alicyclic amines) is 1. The molecule has 0 spiro atoms. The number of phenolic OH excluding ortho intramolecular Hbond substituents is 1. The van der Waals surface area contributed by atoms with Gasteiger partial charge in [-0.25, -0.2) is 0 Å². The monoisotopic (exact) mass is 721 g/mol. The molecule has 276 valence electrons. The molecule has 4 amide bonds. The van der Waals surface area contributed by atoms with E-state index in [4.69, 9.17) is 14.6 Å². The number of carbonyl (C=O) groups excluding carboxylic acids is 4. The van der Waals surface area contributed by atoms with Gasteiger partial charge in [0, 0.05) is 36.6 Å². The average molecular weight is 722 g/mol. The third kappa shape index (κ3) is 5.80. The normalized spacial score (nSPS) is 26.2. The molecule has 0 unspecified atom stereocenters. The van der Waals surface area contributed by atoms with Crippen LogP contribution in [0.15, 0.2) is 78.4 Å². The fourth-order valence-electron chi connectivity index (χ4n) is 9.28. The number of unbranched alkanes of at least 4 members (excludes halogenated alkanes) is 2. The lowest BCUT2D eigenvalue weighted by atomic mass is 9.49. The summed E-state index contributed by atoms with van der Waals surface area (Å²) < 4.78 is 11.8. The number of anilines is 1. The van der Waals surface area contributed by atoms with Crippen LogP contribution >= 0.6 is 0 Å². The van der Waals surface area contributed by atoms with Gasteiger partial charge in [0.1, 0.15) is 17.2 Å². The van der Waals surface area contributed by atoms with Crippen LogP contribution in [0.4, 0.5) is 5.69 Å². The highest BCUT2D eigenvalue weighted by molar-refractivity contribution is 6.13. The Morgan fingerprint density at radius 1 is 0.887 bits per heavy atom. The minimum atomic E-state index is -1.54. The molecule has 0 bridgehead atoms. The highest BCUT2D eigenvalue weighted by Gasteiger charge is 2.71. The van der Waals surface area contributed by atoms with Gasteiger partial charge in [0.25, 0.3) is 11.8 Å². The number of imide groups is 2. The molecule has 3 aromatic carbocycles. The van der Waals surface area contributed by atoms with E-state index < -0.39 is 52.8 Å². The number of carbonyl (C=O) groups is 5. The number of hydrogen-bond donors (Lipinski definition) is 3. The summed E-state index contributed by atoms with van der Waals surface area (Å²) in [7, 11) is 2.91. The molecule has 3 N–H and O–H groups in total. The highest BCUT2D eigenvalue weighted by Crippen LogP contribution is 2.66. The van der Waals surface area contributed by atoms with Gasteiger partial charge in [-0.15, -0.1) is 0 Å². The number of amides is 4. The second kappa shape index (κ2) is 14.1. The zero-order valence-corrected chi connectivity index (χ0v) is 29.9. The number of rotatable bonds is 12. The summed E-state index contributed by atoms with van der Waals surface area (Å²) in [6.45, 7) is 2.12. The van der Waals surface area contributed by atoms with Crippen molar-refractivity contribution in [1.29, 1.82) is 0 Å². The van der Waals surface area contributed by atoms with E-state index in [1.54, 1.807) is 12.1 Å². The minimum Gasteiger partial charge on any atom is -0.508 e. The second-order valence-electron chi connectivity index (χ2n) is 14.4. The van der Waals surface area contributed by atoms with Gasteiger partial charge in [0.05, 0.1) is 43.1 Å². The first-order chi connectivity index (χ1) is 25.5. The number of aryl methyl sites for hydroxylation is 1. The van der Waals surface area contributed by atoms with Gasteiger partial charge in [-0.1, -0.05) is 66.1 Å². The Labute approximate surface area is 307 Å². The molecule has 7 rings (SSSR count). The molecule has 2 aliphatic heterocycles. The van der Waals surface area contributed by atoms with Crippen LogP contribution in [0.2, 0.25) is 0 Å². The number of nitrogens with one attached hydrogen (secondary N) is 1. The Hall–Kier alpha value is -5.65. The maximum atomic E-state index is 15.4. The molecule has 12 heteroatoms. The van der Waals surface area contributed by atoms with E-state index in [2.05, 4.69) is 5.43 Å². The largest absolute Gasteiger partial charge is 0.508 e. The molecule has 0 radical (unpaired) electrons. The lowest BCUT2D eigenvalue weighted by Crippen LogP contribution is -2.53. The number of phenols is 1. The third-order valence-corrected chi connectivity index (χ3v) is 11.6. The van der Waals surface area contributed by atoms with Crippen LogP contribution in [0.25, 0.3) is 0 Å². The number of nitrogens with zero attached hydrogens (tertiary/aromatic N) is 2. The summed E-state index contributed by atoms with van der Waals surface area (Å²) in [5.74, 6) is -5.96. The first-order valence-corrected chi connectivity index (χ1v) is 18.0. The number of ether oxygens (including phenoxy) is 2. The molecule has 1 saturated carbocycles. The zero-order chi connectivity index (χ0) is 37.6. The molecule has 2 aliphatic carbocycles. The van der Waals surface area contributed by atoms with Crippen molar-refractivity contribution in [2.45, 2.75) is 56.8 Å². The van der Waals surface area contributed by atoms with Crippen molar-refractivity contribution in [1.82, 2.24) is 9.91 Å². The maximum absolute atomic E-state index is 15.4. The first-order valence-electron chi connectivity index (χ1n) is 18.0. The standard InChI is InChI=1S/C41H43N3O9/c1-23-13-15-25(16-14-23)42-44-38(49)30-22-29-27(17-18-28-34(29)39(50)43(37(28)48)19-9-5-8-12-33(46)47)36(35-31(52-2)20-26(45)21-32(35)53-3)41(30,40(44)51)24-10-6-4-7-11-24/h4,6-7,10-11,13-17,20-21,28-30,34,36,42,45H,5,8-9,12,18-19,22H2,1-3H3,(H,46,47)/t28-,29+,30-,34-,36+,41+/m0/s1. The fourth-order valence-corrected chi connectivity index (χ4v) is 9.28. The van der Waals surface area contributed by atoms with E-state index in [0.717, 1.165) is 16.1 Å². The van der Waals surface area contributed by atoms with Gasteiger partial charge in [-0.05, 0) is 56.2 Å². The number of aromatic hydroxyl groups is 1.